The maximum atomic E-state index is 6.04. The molecule has 2 saturated carbocycles. The van der Waals surface area contributed by atoms with Gasteiger partial charge in [-0.2, -0.15) is 0 Å². The van der Waals surface area contributed by atoms with Crippen LogP contribution in [0.1, 0.15) is 38.5 Å². The van der Waals surface area contributed by atoms with Crippen LogP contribution in [0, 0.1) is 11.8 Å². The SMILES string of the molecule is NCC1(NCC2CCCO2)CC2CCC1C2. The van der Waals surface area contributed by atoms with Gasteiger partial charge in [0.1, 0.15) is 0 Å². The van der Waals surface area contributed by atoms with Crippen molar-refractivity contribution in [3.63, 3.8) is 0 Å². The summed E-state index contributed by atoms with van der Waals surface area (Å²) in [4.78, 5) is 0. The molecular formula is C13H24N2O. The molecule has 0 aromatic heterocycles. The average molecular weight is 224 g/mol. The highest BCUT2D eigenvalue weighted by Crippen LogP contribution is 2.50. The van der Waals surface area contributed by atoms with E-state index in [0.717, 1.165) is 31.5 Å². The van der Waals surface area contributed by atoms with Crippen molar-refractivity contribution in [2.24, 2.45) is 17.6 Å². The van der Waals surface area contributed by atoms with Crippen molar-refractivity contribution in [1.82, 2.24) is 5.32 Å². The van der Waals surface area contributed by atoms with Crippen LogP contribution in [0.5, 0.6) is 0 Å². The maximum Gasteiger partial charge on any atom is 0.0700 e. The van der Waals surface area contributed by atoms with E-state index in [9.17, 15) is 0 Å². The van der Waals surface area contributed by atoms with E-state index in [1.807, 2.05) is 0 Å². The third kappa shape index (κ3) is 1.79. The molecule has 16 heavy (non-hydrogen) atoms. The molecule has 3 nitrogen and oxygen atoms in total. The zero-order chi connectivity index (χ0) is 11.0. The molecule has 3 heteroatoms. The lowest BCUT2D eigenvalue weighted by molar-refractivity contribution is 0.0927. The fourth-order valence-electron chi connectivity index (χ4n) is 4.11. The first-order valence-corrected chi connectivity index (χ1v) is 6.89. The van der Waals surface area contributed by atoms with Gasteiger partial charge in [-0.1, -0.05) is 6.42 Å². The predicted molar refractivity (Wildman–Crippen MR) is 64.2 cm³/mol. The number of nitrogens with two attached hydrogens (primary N) is 1. The van der Waals surface area contributed by atoms with Gasteiger partial charge in [0.15, 0.2) is 0 Å². The highest BCUT2D eigenvalue weighted by atomic mass is 16.5. The fourth-order valence-corrected chi connectivity index (χ4v) is 4.11. The van der Waals surface area contributed by atoms with Crippen LogP contribution in [0.25, 0.3) is 0 Å². The molecule has 3 rings (SSSR count). The number of hydrogen-bond acceptors (Lipinski definition) is 3. The van der Waals surface area contributed by atoms with E-state index in [1.165, 1.54) is 38.5 Å². The summed E-state index contributed by atoms with van der Waals surface area (Å²) in [5.41, 5.74) is 6.30. The minimum atomic E-state index is 0.259. The molecule has 1 heterocycles. The molecule has 2 bridgehead atoms. The highest BCUT2D eigenvalue weighted by molar-refractivity contribution is 5.07. The average Bonchev–Trinajstić information content (AvgIpc) is 3.02. The molecule has 3 fully saturated rings. The van der Waals surface area contributed by atoms with Crippen LogP contribution in [0.15, 0.2) is 0 Å². The molecule has 1 saturated heterocycles. The van der Waals surface area contributed by atoms with Crippen LogP contribution in [-0.2, 0) is 4.74 Å². The summed E-state index contributed by atoms with van der Waals surface area (Å²) >= 11 is 0. The van der Waals surface area contributed by atoms with E-state index in [4.69, 9.17) is 10.5 Å². The summed E-state index contributed by atoms with van der Waals surface area (Å²) in [7, 11) is 0. The van der Waals surface area contributed by atoms with E-state index >= 15 is 0 Å². The quantitative estimate of drug-likeness (QED) is 0.756. The van der Waals surface area contributed by atoms with E-state index < -0.39 is 0 Å². The number of hydrogen-bond donors (Lipinski definition) is 2. The van der Waals surface area contributed by atoms with Crippen molar-refractivity contribution >= 4 is 0 Å². The summed E-state index contributed by atoms with van der Waals surface area (Å²) in [6, 6.07) is 0. The number of rotatable bonds is 4. The monoisotopic (exact) mass is 224 g/mol. The molecule has 0 aromatic rings. The standard InChI is InChI=1S/C13H24N2O/c14-9-13(7-10-3-4-11(13)6-10)15-8-12-2-1-5-16-12/h10-12,15H,1-9,14H2. The smallest absolute Gasteiger partial charge is 0.0700 e. The maximum absolute atomic E-state index is 6.04. The summed E-state index contributed by atoms with van der Waals surface area (Å²) in [5, 5.41) is 3.77. The Morgan fingerprint density at radius 2 is 2.25 bits per heavy atom. The van der Waals surface area contributed by atoms with Crippen molar-refractivity contribution in [1.29, 1.82) is 0 Å². The molecule has 0 amide bonds. The Kier molecular flexibility index (Phi) is 2.94. The van der Waals surface area contributed by atoms with Gasteiger partial charge in [0.25, 0.3) is 0 Å². The number of ether oxygens (including phenoxy) is 1. The molecule has 2 aliphatic carbocycles. The molecular weight excluding hydrogens is 200 g/mol. The van der Waals surface area contributed by atoms with Gasteiger partial charge in [0.2, 0.25) is 0 Å². The Morgan fingerprint density at radius 1 is 1.31 bits per heavy atom. The van der Waals surface area contributed by atoms with Gasteiger partial charge in [-0.05, 0) is 43.9 Å². The van der Waals surface area contributed by atoms with Gasteiger partial charge < -0.3 is 15.8 Å². The molecule has 1 aliphatic heterocycles. The van der Waals surface area contributed by atoms with Gasteiger partial charge in [0, 0.05) is 25.2 Å². The van der Waals surface area contributed by atoms with E-state index in [-0.39, 0.29) is 5.54 Å². The van der Waals surface area contributed by atoms with E-state index in [0.29, 0.717) is 6.10 Å². The van der Waals surface area contributed by atoms with Gasteiger partial charge in [-0.3, -0.25) is 0 Å². The normalized spacial score (nSPS) is 46.7. The first-order valence-electron chi connectivity index (χ1n) is 6.89. The second-order valence-corrected chi connectivity index (χ2v) is 5.96. The molecule has 4 atom stereocenters. The topological polar surface area (TPSA) is 47.3 Å². The molecule has 92 valence electrons. The lowest BCUT2D eigenvalue weighted by Crippen LogP contribution is -2.56. The molecule has 3 N–H and O–H groups in total. The Morgan fingerprint density at radius 3 is 2.81 bits per heavy atom. The second kappa shape index (κ2) is 4.28. The molecule has 0 spiro atoms. The zero-order valence-electron chi connectivity index (χ0n) is 10.1. The number of nitrogens with one attached hydrogen (secondary N) is 1. The molecule has 0 radical (unpaired) electrons. The van der Waals surface area contributed by atoms with Crippen LogP contribution in [0.2, 0.25) is 0 Å². The summed E-state index contributed by atoms with van der Waals surface area (Å²) in [6.45, 7) is 2.77. The summed E-state index contributed by atoms with van der Waals surface area (Å²) in [5.74, 6) is 1.79. The van der Waals surface area contributed by atoms with Crippen LogP contribution in [-0.4, -0.2) is 31.3 Å². The minimum absolute atomic E-state index is 0.259. The molecule has 3 aliphatic rings. The lowest BCUT2D eigenvalue weighted by atomic mass is 9.81. The predicted octanol–water partition coefficient (Wildman–Crippen LogP) is 1.27. The zero-order valence-corrected chi connectivity index (χ0v) is 10.1. The van der Waals surface area contributed by atoms with Crippen LogP contribution in [0.4, 0.5) is 0 Å². The van der Waals surface area contributed by atoms with Gasteiger partial charge in [-0.25, -0.2) is 0 Å². The summed E-state index contributed by atoms with van der Waals surface area (Å²) in [6.07, 6.45) is 8.45. The van der Waals surface area contributed by atoms with Crippen LogP contribution < -0.4 is 11.1 Å². The van der Waals surface area contributed by atoms with Gasteiger partial charge in [-0.15, -0.1) is 0 Å². The third-order valence-corrected chi connectivity index (χ3v) is 5.05. The van der Waals surface area contributed by atoms with Gasteiger partial charge >= 0.3 is 0 Å². The first-order chi connectivity index (χ1) is 7.82. The lowest BCUT2D eigenvalue weighted by Gasteiger charge is -2.38. The third-order valence-electron chi connectivity index (χ3n) is 5.05. The van der Waals surface area contributed by atoms with Crippen molar-refractivity contribution in [3.8, 4) is 0 Å². The Balaban J connectivity index is 1.58. The Labute approximate surface area is 98.1 Å². The van der Waals surface area contributed by atoms with E-state index in [2.05, 4.69) is 5.32 Å². The number of fused-ring (bicyclic) bond motifs is 2. The highest BCUT2D eigenvalue weighted by Gasteiger charge is 2.49. The van der Waals surface area contributed by atoms with Gasteiger partial charge in [0.05, 0.1) is 6.10 Å². The first kappa shape index (κ1) is 11.0. The largest absolute Gasteiger partial charge is 0.377 e. The second-order valence-electron chi connectivity index (χ2n) is 5.96. The van der Waals surface area contributed by atoms with Crippen LogP contribution in [0.3, 0.4) is 0 Å². The Hall–Kier alpha value is -0.120. The van der Waals surface area contributed by atoms with Crippen LogP contribution >= 0.6 is 0 Å². The van der Waals surface area contributed by atoms with Crippen molar-refractivity contribution in [3.05, 3.63) is 0 Å². The van der Waals surface area contributed by atoms with Crippen molar-refractivity contribution < 1.29 is 4.74 Å². The molecule has 0 aromatic carbocycles. The van der Waals surface area contributed by atoms with Crippen molar-refractivity contribution in [2.45, 2.75) is 50.2 Å². The van der Waals surface area contributed by atoms with E-state index in [1.54, 1.807) is 0 Å². The van der Waals surface area contributed by atoms with Crippen molar-refractivity contribution in [2.75, 3.05) is 19.7 Å². The Bertz CT molecular complexity index is 252. The summed E-state index contributed by atoms with van der Waals surface area (Å²) < 4.78 is 5.68. The molecule has 4 unspecified atom stereocenters. The minimum Gasteiger partial charge on any atom is -0.377 e. The fraction of sp³-hybridized carbons (Fsp3) is 1.00.